The van der Waals surface area contributed by atoms with Crippen LogP contribution < -0.4 is 5.32 Å². The molecule has 1 N–H and O–H groups in total. The minimum atomic E-state index is -0.339. The minimum absolute atomic E-state index is 0.164. The molecule has 1 aromatic rings. The van der Waals surface area contributed by atoms with E-state index in [0.717, 1.165) is 25.7 Å². The number of anilines is 1. The molecule has 6 heteroatoms. The molecule has 1 heterocycles. The fourth-order valence-electron chi connectivity index (χ4n) is 4.18. The molecule has 1 aliphatic heterocycles. The predicted molar refractivity (Wildman–Crippen MR) is 92.7 cm³/mol. The molecule has 3 atom stereocenters. The largest absolute Gasteiger partial charge is 0.468 e. The van der Waals surface area contributed by atoms with Crippen LogP contribution in [0, 0.1) is 17.2 Å². The van der Waals surface area contributed by atoms with Gasteiger partial charge >= 0.3 is 5.97 Å². The molecule has 1 aromatic carbocycles. The van der Waals surface area contributed by atoms with Gasteiger partial charge in [-0.3, -0.25) is 14.5 Å². The zero-order valence-electron chi connectivity index (χ0n) is 14.4. The second kappa shape index (κ2) is 7.66. The third-order valence-corrected chi connectivity index (χ3v) is 5.30. The molecule has 2 fully saturated rings. The number of amides is 1. The standard InChI is InChI=1S/C19H23N3O3/c1-25-19(24)17-10-14-6-2-3-8-16(14)22(17)12-18(23)21-15-7-4-5-13(9-15)11-20/h4-5,7,9,14,16-17H,2-3,6,8,10,12H2,1H3,(H,21,23)/t14-,16+,17-/m0/s1. The Morgan fingerprint density at radius 2 is 2.16 bits per heavy atom. The van der Waals surface area contributed by atoms with Crippen molar-refractivity contribution >= 4 is 17.6 Å². The number of hydrogen-bond donors (Lipinski definition) is 1. The zero-order valence-corrected chi connectivity index (χ0v) is 14.4. The van der Waals surface area contributed by atoms with Crippen molar-refractivity contribution < 1.29 is 14.3 Å². The Kier molecular flexibility index (Phi) is 5.34. The lowest BCUT2D eigenvalue weighted by molar-refractivity contribution is -0.146. The topological polar surface area (TPSA) is 82.4 Å². The lowest BCUT2D eigenvalue weighted by atomic mass is 9.85. The Labute approximate surface area is 147 Å². The highest BCUT2D eigenvalue weighted by Gasteiger charge is 2.46. The Bertz CT molecular complexity index is 697. The fraction of sp³-hybridized carbons (Fsp3) is 0.526. The molecule has 6 nitrogen and oxygen atoms in total. The number of fused-ring (bicyclic) bond motifs is 1. The quantitative estimate of drug-likeness (QED) is 0.850. The van der Waals surface area contributed by atoms with E-state index in [9.17, 15) is 9.59 Å². The van der Waals surface area contributed by atoms with Gasteiger partial charge in [0, 0.05) is 11.7 Å². The number of likely N-dealkylation sites (tertiary alicyclic amines) is 1. The van der Waals surface area contributed by atoms with Crippen LogP contribution in [-0.4, -0.2) is 42.5 Å². The lowest BCUT2D eigenvalue weighted by Gasteiger charge is -2.32. The van der Waals surface area contributed by atoms with E-state index >= 15 is 0 Å². The highest BCUT2D eigenvalue weighted by molar-refractivity contribution is 5.93. The molecule has 0 spiro atoms. The average Bonchev–Trinajstić information content (AvgIpc) is 2.99. The first kappa shape index (κ1) is 17.4. The molecule has 1 saturated heterocycles. The summed E-state index contributed by atoms with van der Waals surface area (Å²) in [6.45, 7) is 0.164. The first-order valence-corrected chi connectivity index (χ1v) is 8.76. The number of hydrogen-bond acceptors (Lipinski definition) is 5. The van der Waals surface area contributed by atoms with Gasteiger partial charge in [-0.1, -0.05) is 18.9 Å². The van der Waals surface area contributed by atoms with E-state index in [0.29, 0.717) is 17.2 Å². The second-order valence-electron chi connectivity index (χ2n) is 6.80. The fourth-order valence-corrected chi connectivity index (χ4v) is 4.18. The van der Waals surface area contributed by atoms with Gasteiger partial charge in [0.05, 0.1) is 25.3 Å². The molecule has 0 unspecified atom stereocenters. The number of nitrogens with one attached hydrogen (secondary N) is 1. The number of carbonyl (C=O) groups is 2. The molecule has 25 heavy (non-hydrogen) atoms. The van der Waals surface area contributed by atoms with E-state index in [1.54, 1.807) is 24.3 Å². The zero-order chi connectivity index (χ0) is 17.8. The monoisotopic (exact) mass is 341 g/mol. The van der Waals surface area contributed by atoms with Crippen molar-refractivity contribution in [3.05, 3.63) is 29.8 Å². The first-order valence-electron chi connectivity index (χ1n) is 8.76. The van der Waals surface area contributed by atoms with Crippen molar-refractivity contribution in [1.82, 2.24) is 4.90 Å². The average molecular weight is 341 g/mol. The summed E-state index contributed by atoms with van der Waals surface area (Å²) in [7, 11) is 1.40. The van der Waals surface area contributed by atoms with E-state index < -0.39 is 0 Å². The summed E-state index contributed by atoms with van der Waals surface area (Å²) in [5.74, 6) is 0.0384. The van der Waals surface area contributed by atoms with Gasteiger partial charge < -0.3 is 10.1 Å². The van der Waals surface area contributed by atoms with Crippen LogP contribution >= 0.6 is 0 Å². The SMILES string of the molecule is COC(=O)[C@@H]1C[C@@H]2CCCC[C@H]2N1CC(=O)Nc1cccc(C#N)c1. The summed E-state index contributed by atoms with van der Waals surface area (Å²) in [6, 6.07) is 8.81. The maximum atomic E-state index is 12.5. The molecule has 0 aromatic heterocycles. The maximum absolute atomic E-state index is 12.5. The third kappa shape index (κ3) is 3.83. The molecule has 0 radical (unpaired) electrons. The smallest absolute Gasteiger partial charge is 0.323 e. The highest BCUT2D eigenvalue weighted by atomic mass is 16.5. The van der Waals surface area contributed by atoms with Crippen molar-refractivity contribution in [1.29, 1.82) is 5.26 Å². The number of rotatable bonds is 4. The molecular formula is C19H23N3O3. The van der Waals surface area contributed by atoms with Crippen molar-refractivity contribution in [2.75, 3.05) is 19.0 Å². The van der Waals surface area contributed by atoms with Gasteiger partial charge in [0.15, 0.2) is 0 Å². The number of benzene rings is 1. The Balaban J connectivity index is 1.70. The number of carbonyl (C=O) groups excluding carboxylic acids is 2. The van der Waals surface area contributed by atoms with Crippen LogP contribution in [0.5, 0.6) is 0 Å². The van der Waals surface area contributed by atoms with Gasteiger partial charge in [-0.2, -0.15) is 5.26 Å². The lowest BCUT2D eigenvalue weighted by Crippen LogP contribution is -2.46. The first-order chi connectivity index (χ1) is 12.1. The number of methoxy groups -OCH3 is 1. The molecule has 1 aliphatic carbocycles. The Hall–Kier alpha value is -2.39. The molecule has 2 aliphatic rings. The Morgan fingerprint density at radius 1 is 1.36 bits per heavy atom. The number of ether oxygens (including phenoxy) is 1. The van der Waals surface area contributed by atoms with Crippen LogP contribution in [0.1, 0.15) is 37.7 Å². The number of esters is 1. The van der Waals surface area contributed by atoms with Crippen LogP contribution in [0.2, 0.25) is 0 Å². The summed E-state index contributed by atoms with van der Waals surface area (Å²) in [5, 5.41) is 11.8. The van der Waals surface area contributed by atoms with E-state index in [-0.39, 0.29) is 30.5 Å². The Morgan fingerprint density at radius 3 is 2.92 bits per heavy atom. The molecule has 132 valence electrons. The second-order valence-corrected chi connectivity index (χ2v) is 6.80. The molecule has 1 amide bonds. The van der Waals surface area contributed by atoms with Gasteiger partial charge in [0.25, 0.3) is 0 Å². The van der Waals surface area contributed by atoms with Gasteiger partial charge in [-0.15, -0.1) is 0 Å². The molecule has 1 saturated carbocycles. The van der Waals surface area contributed by atoms with Crippen molar-refractivity contribution in [2.24, 2.45) is 5.92 Å². The van der Waals surface area contributed by atoms with Crippen LogP contribution in [0.25, 0.3) is 0 Å². The third-order valence-electron chi connectivity index (χ3n) is 5.30. The summed E-state index contributed by atoms with van der Waals surface area (Å²) >= 11 is 0. The van der Waals surface area contributed by atoms with Crippen LogP contribution in [-0.2, 0) is 14.3 Å². The van der Waals surface area contributed by atoms with Crippen molar-refractivity contribution in [2.45, 2.75) is 44.2 Å². The summed E-state index contributed by atoms with van der Waals surface area (Å²) < 4.78 is 4.95. The van der Waals surface area contributed by atoms with E-state index in [1.807, 2.05) is 4.90 Å². The van der Waals surface area contributed by atoms with E-state index in [1.165, 1.54) is 13.5 Å². The van der Waals surface area contributed by atoms with Crippen LogP contribution in [0.3, 0.4) is 0 Å². The van der Waals surface area contributed by atoms with Gasteiger partial charge in [0.1, 0.15) is 6.04 Å². The molecule has 3 rings (SSSR count). The number of nitriles is 1. The molecule has 0 bridgehead atoms. The predicted octanol–water partition coefficient (Wildman–Crippen LogP) is 2.30. The normalized spacial score (nSPS) is 25.7. The minimum Gasteiger partial charge on any atom is -0.468 e. The number of nitrogens with zero attached hydrogens (tertiary/aromatic N) is 2. The van der Waals surface area contributed by atoms with Crippen molar-refractivity contribution in [3.63, 3.8) is 0 Å². The molecular weight excluding hydrogens is 318 g/mol. The van der Waals surface area contributed by atoms with Crippen LogP contribution in [0.4, 0.5) is 5.69 Å². The summed E-state index contributed by atoms with van der Waals surface area (Å²) in [5.41, 5.74) is 1.09. The van der Waals surface area contributed by atoms with Gasteiger partial charge in [0.2, 0.25) is 5.91 Å². The highest BCUT2D eigenvalue weighted by Crippen LogP contribution is 2.39. The maximum Gasteiger partial charge on any atom is 0.323 e. The van der Waals surface area contributed by atoms with Crippen molar-refractivity contribution in [3.8, 4) is 6.07 Å². The summed E-state index contributed by atoms with van der Waals surface area (Å²) in [4.78, 5) is 26.7. The van der Waals surface area contributed by atoms with Gasteiger partial charge in [-0.25, -0.2) is 0 Å². The van der Waals surface area contributed by atoms with E-state index in [4.69, 9.17) is 10.00 Å². The van der Waals surface area contributed by atoms with E-state index in [2.05, 4.69) is 11.4 Å². The van der Waals surface area contributed by atoms with Crippen LogP contribution in [0.15, 0.2) is 24.3 Å². The van der Waals surface area contributed by atoms with Gasteiger partial charge in [-0.05, 0) is 43.4 Å². The summed E-state index contributed by atoms with van der Waals surface area (Å²) in [6.07, 6.45) is 5.23.